The summed E-state index contributed by atoms with van der Waals surface area (Å²) in [6.45, 7) is 0. The fourth-order valence-corrected chi connectivity index (χ4v) is 1.71. The molecule has 2 aromatic carbocycles. The normalized spacial score (nSPS) is 8.96. The summed E-state index contributed by atoms with van der Waals surface area (Å²) in [7, 11) is 0. The van der Waals surface area contributed by atoms with Crippen LogP contribution in [0.5, 0.6) is 0 Å². The highest BCUT2D eigenvalue weighted by molar-refractivity contribution is 6.02. The Morgan fingerprint density at radius 3 is 0.760 bits per heavy atom. The highest BCUT2D eigenvalue weighted by atomic mass is 16.4. The van der Waals surface area contributed by atoms with Gasteiger partial charge in [-0.3, -0.25) is 0 Å². The van der Waals surface area contributed by atoms with Gasteiger partial charge in [-0.25, -0.2) is 19.2 Å². The van der Waals surface area contributed by atoms with E-state index in [1.807, 2.05) is 0 Å². The zero-order valence-electron chi connectivity index (χ0n) is 12.0. The summed E-state index contributed by atoms with van der Waals surface area (Å²) in [5.41, 5.74) is -0.759. The first-order valence-electron chi connectivity index (χ1n) is 6.37. The van der Waals surface area contributed by atoms with Gasteiger partial charge in [-0.05, 0) is 24.3 Å². The summed E-state index contributed by atoms with van der Waals surface area (Å²) in [4.78, 5) is 41.9. The number of rotatable bonds is 4. The molecule has 2 aromatic rings. The van der Waals surface area contributed by atoms with Crippen LogP contribution in [0.15, 0.2) is 48.5 Å². The Hall–Kier alpha value is -3.62. The average molecular weight is 346 g/mol. The summed E-state index contributed by atoms with van der Waals surface area (Å²) in [6.07, 6.45) is 0. The second kappa shape index (κ2) is 9.51. The molecule has 130 valence electrons. The lowest BCUT2D eigenvalue weighted by atomic mass is 10.1. The van der Waals surface area contributed by atoms with Crippen LogP contribution < -0.4 is 0 Å². The molecule has 0 spiro atoms. The van der Waals surface area contributed by atoms with Gasteiger partial charge in [0.05, 0.1) is 30.7 Å². The van der Waals surface area contributed by atoms with Gasteiger partial charge in [-0.1, -0.05) is 24.3 Å². The third kappa shape index (κ3) is 5.83. The van der Waals surface area contributed by atoms with Crippen LogP contribution >= 0.6 is 0 Å². The van der Waals surface area contributed by atoms with Crippen molar-refractivity contribution < 1.29 is 39.6 Å². The topological polar surface area (TPSA) is 149 Å². The van der Waals surface area contributed by atoms with E-state index in [4.69, 9.17) is 20.4 Å². The van der Waals surface area contributed by atoms with Gasteiger partial charge >= 0.3 is 23.9 Å². The van der Waals surface area contributed by atoms with Gasteiger partial charge in [0.2, 0.25) is 0 Å². The van der Waals surface area contributed by atoms with Crippen LogP contribution in [0, 0.1) is 0 Å². The summed E-state index contributed by atoms with van der Waals surface area (Å²) in [5.74, 6) is -4.91. The molecule has 0 aromatic heterocycles. The minimum absolute atomic E-state index is 0. The highest BCUT2D eigenvalue weighted by Crippen LogP contribution is 2.08. The van der Waals surface area contributed by atoms with Crippen LogP contribution in [0.3, 0.4) is 0 Å². The van der Waals surface area contributed by atoms with Gasteiger partial charge < -0.3 is 20.4 Å². The maximum absolute atomic E-state index is 10.5. The van der Waals surface area contributed by atoms with Crippen molar-refractivity contribution in [1.82, 2.24) is 0 Å². The van der Waals surface area contributed by atoms with Crippen molar-refractivity contribution in [2.24, 2.45) is 0 Å². The van der Waals surface area contributed by atoms with Crippen molar-refractivity contribution >= 4 is 32.3 Å². The lowest BCUT2D eigenvalue weighted by Gasteiger charge is -1.98. The Labute approximate surface area is 143 Å². The van der Waals surface area contributed by atoms with Crippen LogP contribution in [0.1, 0.15) is 41.4 Å². The predicted molar refractivity (Wildman–Crippen MR) is 90.7 cm³/mol. The minimum Gasteiger partial charge on any atom is -0.478 e. The molecule has 0 aliphatic heterocycles. The average Bonchev–Trinajstić information content (AvgIpc) is 2.55. The predicted octanol–water partition coefficient (Wildman–Crippen LogP) is 0.982. The first-order chi connectivity index (χ1) is 11.3. The fourth-order valence-electron chi connectivity index (χ4n) is 1.71. The Bertz CT molecular complexity index is 667. The standard InChI is InChI=1S/2C8H6O4.BH3/c2*9-7(10)5-3-1-2-4-6(5)8(11)12;/h2*1-4H,(H,9,10)(H,11,12);1H3. The highest BCUT2D eigenvalue weighted by Gasteiger charge is 2.14. The molecule has 4 N–H and O–H groups in total. The molecule has 25 heavy (non-hydrogen) atoms. The molecule has 0 unspecified atom stereocenters. The Balaban J connectivity index is 0.000000443. The van der Waals surface area contributed by atoms with Crippen LogP contribution in [0.2, 0.25) is 0 Å². The van der Waals surface area contributed by atoms with Crippen molar-refractivity contribution in [2.45, 2.75) is 0 Å². The molecular formula is C16H15BO8. The maximum atomic E-state index is 10.5. The zero-order chi connectivity index (χ0) is 18.3. The van der Waals surface area contributed by atoms with E-state index in [0.29, 0.717) is 0 Å². The SMILES string of the molecule is B.O=C(O)c1ccccc1C(=O)O.O=C(O)c1ccccc1C(=O)O. The molecule has 8 nitrogen and oxygen atoms in total. The molecule has 0 aliphatic carbocycles. The van der Waals surface area contributed by atoms with Gasteiger partial charge in [-0.15, -0.1) is 0 Å². The fraction of sp³-hybridized carbons (Fsp3) is 0. The molecule has 0 amide bonds. The molecule has 0 atom stereocenters. The van der Waals surface area contributed by atoms with E-state index in [2.05, 4.69) is 0 Å². The lowest BCUT2D eigenvalue weighted by molar-refractivity contribution is 0.0651. The molecule has 9 heteroatoms. The zero-order valence-corrected chi connectivity index (χ0v) is 12.0. The monoisotopic (exact) mass is 346 g/mol. The molecule has 2 rings (SSSR count). The summed E-state index contributed by atoms with van der Waals surface area (Å²) < 4.78 is 0. The van der Waals surface area contributed by atoms with Gasteiger partial charge in [0.25, 0.3) is 0 Å². The van der Waals surface area contributed by atoms with E-state index in [0.717, 1.165) is 0 Å². The van der Waals surface area contributed by atoms with E-state index in [9.17, 15) is 19.2 Å². The van der Waals surface area contributed by atoms with E-state index in [1.165, 1.54) is 48.5 Å². The second-order valence-electron chi connectivity index (χ2n) is 4.31. The quantitative estimate of drug-likeness (QED) is 0.599. The summed E-state index contributed by atoms with van der Waals surface area (Å²) >= 11 is 0. The summed E-state index contributed by atoms with van der Waals surface area (Å²) in [5, 5.41) is 34.2. The number of carboxylic acid groups (broad SMARTS) is 4. The number of carbonyl (C=O) groups is 4. The van der Waals surface area contributed by atoms with Crippen molar-refractivity contribution in [2.75, 3.05) is 0 Å². The lowest BCUT2D eigenvalue weighted by Crippen LogP contribution is -2.06. The largest absolute Gasteiger partial charge is 0.478 e. The molecule has 0 aliphatic rings. The molecule has 0 radical (unpaired) electrons. The van der Waals surface area contributed by atoms with Crippen molar-refractivity contribution in [3.05, 3.63) is 70.8 Å². The number of hydrogen-bond acceptors (Lipinski definition) is 4. The van der Waals surface area contributed by atoms with E-state index < -0.39 is 23.9 Å². The van der Waals surface area contributed by atoms with E-state index in [1.54, 1.807) is 0 Å². The molecule has 0 fully saturated rings. The Morgan fingerprint density at radius 1 is 0.480 bits per heavy atom. The van der Waals surface area contributed by atoms with Crippen LogP contribution in [-0.2, 0) is 0 Å². The number of hydrogen-bond donors (Lipinski definition) is 4. The smallest absolute Gasteiger partial charge is 0.336 e. The summed E-state index contributed by atoms with van der Waals surface area (Å²) in [6, 6.07) is 11.0. The van der Waals surface area contributed by atoms with Crippen LogP contribution in [0.4, 0.5) is 0 Å². The van der Waals surface area contributed by atoms with Gasteiger partial charge in [-0.2, -0.15) is 0 Å². The van der Waals surface area contributed by atoms with Gasteiger partial charge in [0, 0.05) is 0 Å². The molecule has 0 saturated heterocycles. The van der Waals surface area contributed by atoms with E-state index in [-0.39, 0.29) is 30.7 Å². The molecule has 0 heterocycles. The molecule has 0 saturated carbocycles. The van der Waals surface area contributed by atoms with Crippen LogP contribution in [-0.4, -0.2) is 52.7 Å². The minimum atomic E-state index is -1.23. The number of aromatic carboxylic acids is 4. The first-order valence-corrected chi connectivity index (χ1v) is 6.37. The van der Waals surface area contributed by atoms with Crippen LogP contribution in [0.25, 0.3) is 0 Å². The number of benzene rings is 2. The van der Waals surface area contributed by atoms with Gasteiger partial charge in [0.1, 0.15) is 0 Å². The van der Waals surface area contributed by atoms with Crippen molar-refractivity contribution in [1.29, 1.82) is 0 Å². The number of carboxylic acids is 4. The van der Waals surface area contributed by atoms with E-state index >= 15 is 0 Å². The maximum Gasteiger partial charge on any atom is 0.336 e. The Morgan fingerprint density at radius 2 is 0.640 bits per heavy atom. The van der Waals surface area contributed by atoms with Gasteiger partial charge in [0.15, 0.2) is 0 Å². The van der Waals surface area contributed by atoms with Crippen molar-refractivity contribution in [3.8, 4) is 0 Å². The van der Waals surface area contributed by atoms with Crippen molar-refractivity contribution in [3.63, 3.8) is 0 Å². The second-order valence-corrected chi connectivity index (χ2v) is 4.31. The Kier molecular flexibility index (Phi) is 8.13. The third-order valence-corrected chi connectivity index (χ3v) is 2.78. The molecule has 0 bridgehead atoms. The first kappa shape index (κ1) is 21.4. The molecular weight excluding hydrogens is 331 g/mol. The third-order valence-electron chi connectivity index (χ3n) is 2.78.